The molecule has 5 aromatic rings. The molecule has 16 heteroatoms. The highest BCUT2D eigenvalue weighted by Gasteiger charge is 2.38. The van der Waals surface area contributed by atoms with Crippen LogP contribution in [0, 0.1) is 13.8 Å². The molecule has 1 fully saturated rings. The molecule has 258 valence electrons. The van der Waals surface area contributed by atoms with Crippen LogP contribution in [0.3, 0.4) is 0 Å². The van der Waals surface area contributed by atoms with E-state index in [0.717, 1.165) is 64.7 Å². The summed E-state index contributed by atoms with van der Waals surface area (Å²) in [5.74, 6) is -0.185. The van der Waals surface area contributed by atoms with E-state index in [2.05, 4.69) is 20.9 Å². The lowest BCUT2D eigenvalue weighted by Crippen LogP contribution is -2.38. The Labute approximate surface area is 283 Å². The van der Waals surface area contributed by atoms with E-state index in [1.165, 1.54) is 11.3 Å². The number of aliphatic carboxylic acids is 1. The zero-order valence-electron chi connectivity index (χ0n) is 26.8. The number of carbonyl (C=O) groups excluding carboxylic acids is 1. The minimum Gasteiger partial charge on any atom is -0.497 e. The van der Waals surface area contributed by atoms with Crippen LogP contribution in [-0.2, 0) is 11.3 Å². The lowest BCUT2D eigenvalue weighted by molar-refractivity contribution is -0.192. The molecule has 1 saturated heterocycles. The molecule has 0 saturated carbocycles. The fourth-order valence-electron chi connectivity index (χ4n) is 4.94. The first-order valence-corrected chi connectivity index (χ1v) is 16.0. The summed E-state index contributed by atoms with van der Waals surface area (Å²) < 4.78 is 45.3. The van der Waals surface area contributed by atoms with E-state index in [0.29, 0.717) is 28.7 Å². The van der Waals surface area contributed by atoms with Crippen LogP contribution in [0.15, 0.2) is 60.8 Å². The number of carboxylic acid groups (broad SMARTS) is 1. The third kappa shape index (κ3) is 9.03. The number of benzene rings is 2. The summed E-state index contributed by atoms with van der Waals surface area (Å²) in [6.07, 6.45) is -1.19. The fraction of sp³-hybridized carbons (Fsp3) is 0.303. The molecular formula is C33H34F3N7O5S. The van der Waals surface area contributed by atoms with Gasteiger partial charge in [-0.25, -0.2) is 19.4 Å². The second-order valence-corrected chi connectivity index (χ2v) is 12.3. The van der Waals surface area contributed by atoms with Crippen molar-refractivity contribution in [1.29, 1.82) is 0 Å². The number of aromatic nitrogens is 4. The van der Waals surface area contributed by atoms with Crippen LogP contribution in [0.25, 0.3) is 11.0 Å². The van der Waals surface area contributed by atoms with Gasteiger partial charge in [-0.1, -0.05) is 12.1 Å². The first-order chi connectivity index (χ1) is 23.4. The van der Waals surface area contributed by atoms with Crippen LogP contribution in [0.2, 0.25) is 0 Å². The number of hydrogen-bond donors (Lipinski definition) is 4. The number of piperidine rings is 1. The Morgan fingerprint density at radius 1 is 1.08 bits per heavy atom. The van der Waals surface area contributed by atoms with Gasteiger partial charge < -0.3 is 25.2 Å². The molecule has 0 radical (unpaired) electrons. The highest BCUT2D eigenvalue weighted by molar-refractivity contribution is 7.15. The monoisotopic (exact) mass is 697 g/mol. The fourth-order valence-corrected chi connectivity index (χ4v) is 5.75. The summed E-state index contributed by atoms with van der Waals surface area (Å²) in [5, 5.41) is 23.5. The van der Waals surface area contributed by atoms with Crippen LogP contribution >= 0.6 is 11.3 Å². The number of amides is 1. The molecule has 4 heterocycles. The maximum atomic E-state index is 12.8. The molecule has 0 unspecified atom stereocenters. The first-order valence-electron chi connectivity index (χ1n) is 15.2. The summed E-state index contributed by atoms with van der Waals surface area (Å²) in [7, 11) is 1.66. The molecule has 1 amide bonds. The standard InChI is InChI=1S/C31H33N7O3S.C2HF3O2/c1-19-20(2)42-31(34-19)36-30(39)22-8-12-25(13-9-22)41-26-14-16-33-29-27(26)28(35-23-5-4-15-32-17-23)37-38(29)18-21-6-10-24(40-3)11-7-21;3-2(4,5)1(6)7/h6-14,16,23,32H,4-5,15,17-18H2,1-3H3,(H,35,37)(H,34,36,39);(H,6,7)/t23-;/m1./s1. The number of halogens is 3. The molecule has 1 atom stereocenters. The van der Waals surface area contributed by atoms with E-state index in [9.17, 15) is 18.0 Å². The Morgan fingerprint density at radius 3 is 2.37 bits per heavy atom. The van der Waals surface area contributed by atoms with Crippen LogP contribution in [0.1, 0.15) is 39.3 Å². The van der Waals surface area contributed by atoms with Crippen molar-refractivity contribution in [2.24, 2.45) is 0 Å². The Bertz CT molecular complexity index is 1890. The third-order valence-corrected chi connectivity index (χ3v) is 8.55. The van der Waals surface area contributed by atoms with Crippen molar-refractivity contribution in [1.82, 2.24) is 25.1 Å². The van der Waals surface area contributed by atoms with Crippen molar-refractivity contribution in [2.75, 3.05) is 30.8 Å². The van der Waals surface area contributed by atoms with Crippen molar-refractivity contribution in [3.8, 4) is 17.2 Å². The summed E-state index contributed by atoms with van der Waals surface area (Å²) in [5.41, 5.74) is 3.24. The Balaban J connectivity index is 0.000000606. The van der Waals surface area contributed by atoms with Crippen molar-refractivity contribution >= 4 is 45.2 Å². The highest BCUT2D eigenvalue weighted by atomic mass is 32.1. The van der Waals surface area contributed by atoms with Crippen LogP contribution < -0.4 is 25.4 Å². The lowest BCUT2D eigenvalue weighted by atomic mass is 10.1. The van der Waals surface area contributed by atoms with Gasteiger partial charge in [0.05, 0.1) is 19.3 Å². The molecule has 0 aliphatic carbocycles. The number of ether oxygens (including phenoxy) is 2. The van der Waals surface area contributed by atoms with Crippen LogP contribution in [0.4, 0.5) is 24.1 Å². The zero-order chi connectivity index (χ0) is 35.1. The van der Waals surface area contributed by atoms with Gasteiger partial charge in [-0.3, -0.25) is 10.1 Å². The maximum Gasteiger partial charge on any atom is 0.490 e. The first kappa shape index (κ1) is 35.1. The molecule has 3 aromatic heterocycles. The van der Waals surface area contributed by atoms with Crippen molar-refractivity contribution in [2.45, 2.75) is 45.5 Å². The zero-order valence-corrected chi connectivity index (χ0v) is 27.6. The molecule has 49 heavy (non-hydrogen) atoms. The average molecular weight is 698 g/mol. The number of hydrogen-bond acceptors (Lipinski definition) is 10. The molecule has 0 spiro atoms. The predicted molar refractivity (Wildman–Crippen MR) is 179 cm³/mol. The van der Waals surface area contributed by atoms with E-state index in [-0.39, 0.29) is 11.9 Å². The van der Waals surface area contributed by atoms with Gasteiger partial charge in [-0.15, -0.1) is 11.3 Å². The largest absolute Gasteiger partial charge is 0.497 e. The average Bonchev–Trinajstić information content (AvgIpc) is 3.59. The second kappa shape index (κ2) is 15.3. The minimum atomic E-state index is -5.08. The molecule has 4 N–H and O–H groups in total. The number of aryl methyl sites for hydroxylation is 2. The molecule has 1 aliphatic heterocycles. The molecule has 1 aliphatic rings. The molecule has 6 rings (SSSR count). The third-order valence-electron chi connectivity index (χ3n) is 7.56. The molecule has 12 nitrogen and oxygen atoms in total. The number of carbonyl (C=O) groups is 2. The number of nitrogens with one attached hydrogen (secondary N) is 3. The summed E-state index contributed by atoms with van der Waals surface area (Å²) in [4.78, 5) is 31.8. The summed E-state index contributed by atoms with van der Waals surface area (Å²) >= 11 is 1.46. The minimum absolute atomic E-state index is 0.214. The van der Waals surface area contributed by atoms with E-state index < -0.39 is 12.1 Å². The second-order valence-electron chi connectivity index (χ2n) is 11.1. The smallest absolute Gasteiger partial charge is 0.490 e. The number of methoxy groups -OCH3 is 1. The molecule has 2 aromatic carbocycles. The number of carboxylic acids is 1. The normalized spacial score (nSPS) is 14.4. The highest BCUT2D eigenvalue weighted by Crippen LogP contribution is 2.35. The summed E-state index contributed by atoms with van der Waals surface area (Å²) in [6.45, 7) is 6.36. The van der Waals surface area contributed by atoms with Gasteiger partial charge >= 0.3 is 12.1 Å². The summed E-state index contributed by atoms with van der Waals surface area (Å²) in [6, 6.07) is 17.1. The number of rotatable bonds is 9. The topological polar surface area (TPSA) is 153 Å². The maximum absolute atomic E-state index is 12.8. The van der Waals surface area contributed by atoms with E-state index in [4.69, 9.17) is 29.5 Å². The van der Waals surface area contributed by atoms with Gasteiger partial charge in [0.25, 0.3) is 5.91 Å². The van der Waals surface area contributed by atoms with Gasteiger partial charge in [0, 0.05) is 35.3 Å². The Morgan fingerprint density at radius 2 is 1.78 bits per heavy atom. The van der Waals surface area contributed by atoms with E-state index in [1.54, 1.807) is 37.6 Å². The lowest BCUT2D eigenvalue weighted by Gasteiger charge is -2.23. The number of anilines is 2. The number of fused-ring (bicyclic) bond motifs is 1. The number of nitrogens with zero attached hydrogens (tertiary/aromatic N) is 4. The van der Waals surface area contributed by atoms with Gasteiger partial charge in [-0.2, -0.15) is 18.3 Å². The van der Waals surface area contributed by atoms with Crippen molar-refractivity contribution in [3.63, 3.8) is 0 Å². The van der Waals surface area contributed by atoms with Crippen molar-refractivity contribution in [3.05, 3.63) is 82.5 Å². The number of thiazole rings is 1. The van der Waals surface area contributed by atoms with Gasteiger partial charge in [0.1, 0.15) is 22.6 Å². The van der Waals surface area contributed by atoms with Gasteiger partial charge in [0.2, 0.25) is 0 Å². The number of alkyl halides is 3. The van der Waals surface area contributed by atoms with Crippen molar-refractivity contribution < 1.29 is 37.3 Å². The molecule has 0 bridgehead atoms. The van der Waals surface area contributed by atoms with E-state index >= 15 is 0 Å². The predicted octanol–water partition coefficient (Wildman–Crippen LogP) is 6.40. The van der Waals surface area contributed by atoms with Crippen LogP contribution in [0.5, 0.6) is 17.2 Å². The van der Waals surface area contributed by atoms with E-state index in [1.807, 2.05) is 48.9 Å². The SMILES string of the molecule is COc1ccc(Cn2nc(N[C@@H]3CCCNC3)c3c(Oc4ccc(C(=O)Nc5nc(C)c(C)s5)cc4)ccnc32)cc1.O=C(O)C(F)(F)F. The van der Waals surface area contributed by atoms with Crippen LogP contribution in [-0.4, -0.2) is 69.1 Å². The number of pyridine rings is 1. The molecular weight excluding hydrogens is 663 g/mol. The quantitative estimate of drug-likeness (QED) is 0.136. The van der Waals surface area contributed by atoms with Gasteiger partial charge in [-0.05, 0) is 75.2 Å². The Kier molecular flexibility index (Phi) is 11.0. The Hall–Kier alpha value is -5.22. The van der Waals surface area contributed by atoms with Gasteiger partial charge in [0.15, 0.2) is 16.6 Å².